The average molecular weight is 463 g/mol. The maximum Gasteiger partial charge on any atom is 0.335 e. The molecule has 3 aromatic carbocycles. The average Bonchev–Trinajstić information content (AvgIpc) is 3.07. The highest BCUT2D eigenvalue weighted by Crippen LogP contribution is 2.20. The standard InChI is InChI=1S/C25H19ClN2O5/c26-20-9-3-17(4-10-20)14-28-23(29)22(27-25(28)32)13-16-5-11-21(12-6-16)33-15-18-1-7-19(8-2-18)24(30)31/h1-13H,14-15H2,(H,27,32)(H,30,31). The Balaban J connectivity index is 1.37. The van der Waals surface area contributed by atoms with Gasteiger partial charge in [0.05, 0.1) is 12.1 Å². The molecular weight excluding hydrogens is 444 g/mol. The van der Waals surface area contributed by atoms with E-state index >= 15 is 0 Å². The Morgan fingerprint density at radius 1 is 0.939 bits per heavy atom. The second-order valence-electron chi connectivity index (χ2n) is 7.37. The van der Waals surface area contributed by atoms with E-state index in [1.807, 2.05) is 0 Å². The number of nitrogens with one attached hydrogen (secondary N) is 1. The van der Waals surface area contributed by atoms with Gasteiger partial charge in [0.15, 0.2) is 0 Å². The van der Waals surface area contributed by atoms with Crippen molar-refractivity contribution in [2.45, 2.75) is 13.2 Å². The van der Waals surface area contributed by atoms with E-state index in [4.69, 9.17) is 21.4 Å². The molecule has 166 valence electrons. The van der Waals surface area contributed by atoms with E-state index in [0.717, 1.165) is 21.6 Å². The Labute approximate surface area is 194 Å². The second-order valence-corrected chi connectivity index (χ2v) is 7.80. The van der Waals surface area contributed by atoms with Gasteiger partial charge in [0.2, 0.25) is 0 Å². The zero-order valence-electron chi connectivity index (χ0n) is 17.3. The van der Waals surface area contributed by atoms with Crippen molar-refractivity contribution in [2.75, 3.05) is 0 Å². The fourth-order valence-electron chi connectivity index (χ4n) is 3.22. The van der Waals surface area contributed by atoms with Crippen molar-refractivity contribution in [2.24, 2.45) is 0 Å². The summed E-state index contributed by atoms with van der Waals surface area (Å²) in [7, 11) is 0. The maximum atomic E-state index is 12.7. The van der Waals surface area contributed by atoms with Gasteiger partial charge in [-0.3, -0.25) is 9.69 Å². The van der Waals surface area contributed by atoms with E-state index in [1.165, 1.54) is 12.1 Å². The van der Waals surface area contributed by atoms with Crippen LogP contribution < -0.4 is 10.1 Å². The number of amides is 3. The number of benzene rings is 3. The molecule has 0 radical (unpaired) electrons. The molecular formula is C25H19ClN2O5. The number of carbonyl (C=O) groups is 3. The number of ether oxygens (including phenoxy) is 1. The number of hydrogen-bond donors (Lipinski definition) is 2. The van der Waals surface area contributed by atoms with Crippen molar-refractivity contribution in [1.29, 1.82) is 0 Å². The molecule has 0 saturated carbocycles. The van der Waals surface area contributed by atoms with E-state index in [9.17, 15) is 14.4 Å². The topological polar surface area (TPSA) is 95.9 Å². The van der Waals surface area contributed by atoms with Gasteiger partial charge in [-0.25, -0.2) is 9.59 Å². The van der Waals surface area contributed by atoms with Crippen LogP contribution in [0.1, 0.15) is 27.0 Å². The molecule has 1 heterocycles. The van der Waals surface area contributed by atoms with Crippen molar-refractivity contribution in [3.63, 3.8) is 0 Å². The number of urea groups is 1. The first kappa shape index (κ1) is 22.1. The lowest BCUT2D eigenvalue weighted by Gasteiger charge is -2.11. The van der Waals surface area contributed by atoms with Crippen molar-refractivity contribution in [3.8, 4) is 5.75 Å². The van der Waals surface area contributed by atoms with Crippen LogP contribution in [-0.4, -0.2) is 27.9 Å². The van der Waals surface area contributed by atoms with E-state index in [-0.39, 0.29) is 24.4 Å². The summed E-state index contributed by atoms with van der Waals surface area (Å²) in [6, 6.07) is 20.0. The summed E-state index contributed by atoms with van der Waals surface area (Å²) in [4.78, 5) is 37.0. The molecule has 1 saturated heterocycles. The van der Waals surface area contributed by atoms with E-state index in [0.29, 0.717) is 10.8 Å². The number of carbonyl (C=O) groups excluding carboxylic acids is 2. The van der Waals surface area contributed by atoms with Crippen LogP contribution in [0.15, 0.2) is 78.5 Å². The minimum atomic E-state index is -0.975. The number of hydrogen-bond acceptors (Lipinski definition) is 4. The molecule has 8 heteroatoms. The molecule has 0 aromatic heterocycles. The Kier molecular flexibility index (Phi) is 6.42. The van der Waals surface area contributed by atoms with Crippen LogP contribution in [0.5, 0.6) is 5.75 Å². The first-order chi connectivity index (χ1) is 15.9. The van der Waals surface area contributed by atoms with Crippen LogP contribution in [0.2, 0.25) is 5.02 Å². The highest BCUT2D eigenvalue weighted by molar-refractivity contribution is 6.30. The zero-order valence-corrected chi connectivity index (χ0v) is 18.1. The summed E-state index contributed by atoms with van der Waals surface area (Å²) in [5.74, 6) is -0.761. The molecule has 0 bridgehead atoms. The van der Waals surface area contributed by atoms with Gasteiger partial charge in [-0.15, -0.1) is 0 Å². The summed E-state index contributed by atoms with van der Waals surface area (Å²) < 4.78 is 5.72. The minimum Gasteiger partial charge on any atom is -0.489 e. The molecule has 1 aliphatic heterocycles. The van der Waals surface area contributed by atoms with E-state index < -0.39 is 17.9 Å². The molecule has 33 heavy (non-hydrogen) atoms. The van der Waals surface area contributed by atoms with Crippen molar-refractivity contribution in [3.05, 3.63) is 106 Å². The Bertz CT molecular complexity index is 1220. The minimum absolute atomic E-state index is 0.152. The van der Waals surface area contributed by atoms with Crippen LogP contribution in [0.3, 0.4) is 0 Å². The molecule has 2 N–H and O–H groups in total. The summed E-state index contributed by atoms with van der Waals surface area (Å²) >= 11 is 5.88. The van der Waals surface area contributed by atoms with Gasteiger partial charge < -0.3 is 15.2 Å². The number of nitrogens with zero attached hydrogens (tertiary/aromatic N) is 1. The molecule has 4 rings (SSSR count). The normalized spacial score (nSPS) is 14.5. The largest absolute Gasteiger partial charge is 0.489 e. The van der Waals surface area contributed by atoms with Gasteiger partial charge in [-0.05, 0) is 59.2 Å². The summed E-state index contributed by atoms with van der Waals surface area (Å²) in [5.41, 5.74) is 2.78. The fourth-order valence-corrected chi connectivity index (χ4v) is 3.35. The summed E-state index contributed by atoms with van der Waals surface area (Å²) in [6.45, 7) is 0.438. The SMILES string of the molecule is O=C(O)c1ccc(COc2ccc(C=C3NC(=O)N(Cc4ccc(Cl)cc4)C3=O)cc2)cc1. The molecule has 0 atom stereocenters. The number of rotatable bonds is 7. The first-order valence-corrected chi connectivity index (χ1v) is 10.4. The Morgan fingerprint density at radius 3 is 2.21 bits per heavy atom. The molecule has 0 unspecified atom stereocenters. The maximum absolute atomic E-state index is 12.7. The molecule has 1 aliphatic rings. The predicted molar refractivity (Wildman–Crippen MR) is 123 cm³/mol. The number of aromatic carboxylic acids is 1. The summed E-state index contributed by atoms with van der Waals surface area (Å²) in [6.07, 6.45) is 1.61. The predicted octanol–water partition coefficient (Wildman–Crippen LogP) is 4.71. The third-order valence-corrected chi connectivity index (χ3v) is 5.27. The number of imide groups is 1. The molecule has 1 fully saturated rings. The zero-order chi connectivity index (χ0) is 23.4. The highest BCUT2D eigenvalue weighted by Gasteiger charge is 2.33. The number of carboxylic acids is 1. The molecule has 7 nitrogen and oxygen atoms in total. The lowest BCUT2D eigenvalue weighted by atomic mass is 10.1. The molecule has 3 amide bonds. The second kappa shape index (κ2) is 9.58. The van der Waals surface area contributed by atoms with Crippen LogP contribution in [0.4, 0.5) is 4.79 Å². The number of carboxylic acid groups (broad SMARTS) is 1. The smallest absolute Gasteiger partial charge is 0.335 e. The molecule has 3 aromatic rings. The quantitative estimate of drug-likeness (QED) is 0.391. The van der Waals surface area contributed by atoms with Crippen molar-refractivity contribution in [1.82, 2.24) is 10.2 Å². The van der Waals surface area contributed by atoms with Crippen molar-refractivity contribution < 1.29 is 24.2 Å². The van der Waals surface area contributed by atoms with Gasteiger partial charge in [0.1, 0.15) is 18.1 Å². The Morgan fingerprint density at radius 2 is 1.58 bits per heavy atom. The van der Waals surface area contributed by atoms with Crippen LogP contribution in [0, 0.1) is 0 Å². The third-order valence-electron chi connectivity index (χ3n) is 5.01. The van der Waals surface area contributed by atoms with Gasteiger partial charge in [0, 0.05) is 5.02 Å². The van der Waals surface area contributed by atoms with Crippen LogP contribution in [-0.2, 0) is 17.9 Å². The lowest BCUT2D eigenvalue weighted by molar-refractivity contribution is -0.123. The van der Waals surface area contributed by atoms with E-state index in [1.54, 1.807) is 66.7 Å². The summed E-state index contributed by atoms with van der Waals surface area (Å²) in [5, 5.41) is 12.1. The van der Waals surface area contributed by atoms with Gasteiger partial charge in [0.25, 0.3) is 5.91 Å². The van der Waals surface area contributed by atoms with Crippen LogP contribution >= 0.6 is 11.6 Å². The molecule has 0 spiro atoms. The fraction of sp³-hybridized carbons (Fsp3) is 0.0800. The van der Waals surface area contributed by atoms with Gasteiger partial charge in [-0.2, -0.15) is 0 Å². The van der Waals surface area contributed by atoms with Crippen LogP contribution in [0.25, 0.3) is 6.08 Å². The number of halogens is 1. The third kappa shape index (κ3) is 5.39. The van der Waals surface area contributed by atoms with Crippen molar-refractivity contribution >= 4 is 35.6 Å². The lowest BCUT2D eigenvalue weighted by Crippen LogP contribution is -2.30. The first-order valence-electron chi connectivity index (χ1n) is 10.0. The Hall–Kier alpha value is -4.10. The van der Waals surface area contributed by atoms with Gasteiger partial charge >= 0.3 is 12.0 Å². The van der Waals surface area contributed by atoms with Gasteiger partial charge in [-0.1, -0.05) is 48.0 Å². The molecule has 0 aliphatic carbocycles. The highest BCUT2D eigenvalue weighted by atomic mass is 35.5. The van der Waals surface area contributed by atoms with E-state index in [2.05, 4.69) is 5.32 Å². The monoisotopic (exact) mass is 462 g/mol.